The molecule has 2 unspecified atom stereocenters. The van der Waals surface area contributed by atoms with Crippen LogP contribution in [0.25, 0.3) is 0 Å². The second kappa shape index (κ2) is 2.93. The summed E-state index contributed by atoms with van der Waals surface area (Å²) in [7, 11) is 0. The fourth-order valence-electron chi connectivity index (χ4n) is 1.65. The molecular formula is C9H9F3O2. The standard InChI is InChI=1S/C8H5F3O2.CH4/c9-8(10,11)7(13)6-4-1-3(4)2-5(6)12;/h2,4,6H,1H2;1H4. The van der Waals surface area contributed by atoms with Crippen molar-refractivity contribution in [3.05, 3.63) is 11.6 Å². The minimum atomic E-state index is -4.88. The van der Waals surface area contributed by atoms with Crippen LogP contribution in [-0.4, -0.2) is 17.7 Å². The number of alkyl halides is 3. The lowest BCUT2D eigenvalue weighted by Gasteiger charge is -2.10. The van der Waals surface area contributed by atoms with Crippen molar-refractivity contribution in [3.63, 3.8) is 0 Å². The van der Waals surface area contributed by atoms with Crippen molar-refractivity contribution < 1.29 is 22.8 Å². The van der Waals surface area contributed by atoms with Crippen LogP contribution in [0, 0.1) is 11.8 Å². The van der Waals surface area contributed by atoms with E-state index in [9.17, 15) is 22.8 Å². The van der Waals surface area contributed by atoms with E-state index in [1.54, 1.807) is 0 Å². The number of hydrogen-bond donors (Lipinski definition) is 0. The van der Waals surface area contributed by atoms with Gasteiger partial charge in [0.2, 0.25) is 5.78 Å². The van der Waals surface area contributed by atoms with Gasteiger partial charge in [0, 0.05) is 5.92 Å². The molecule has 0 aliphatic heterocycles. The van der Waals surface area contributed by atoms with Crippen molar-refractivity contribution in [3.8, 4) is 0 Å². The molecule has 5 heteroatoms. The van der Waals surface area contributed by atoms with E-state index >= 15 is 0 Å². The third kappa shape index (κ3) is 1.47. The van der Waals surface area contributed by atoms with Crippen LogP contribution in [0.15, 0.2) is 11.6 Å². The SMILES string of the molecule is C.O=C1C=C2CC2C1C(=O)C(F)(F)F. The summed E-state index contributed by atoms with van der Waals surface area (Å²) in [6.45, 7) is 0. The molecule has 2 atom stereocenters. The van der Waals surface area contributed by atoms with Crippen LogP contribution in [0.1, 0.15) is 13.8 Å². The summed E-state index contributed by atoms with van der Waals surface area (Å²) in [6, 6.07) is 0. The maximum absolute atomic E-state index is 11.9. The molecule has 14 heavy (non-hydrogen) atoms. The third-order valence-corrected chi connectivity index (χ3v) is 2.37. The molecule has 0 spiro atoms. The first-order chi connectivity index (χ1) is 5.91. The number of hydrogen-bond acceptors (Lipinski definition) is 2. The van der Waals surface area contributed by atoms with Crippen molar-refractivity contribution >= 4 is 11.6 Å². The van der Waals surface area contributed by atoms with Crippen LogP contribution in [0.3, 0.4) is 0 Å². The Hall–Kier alpha value is -1.13. The Morgan fingerprint density at radius 1 is 1.43 bits per heavy atom. The number of carbonyl (C=O) groups excluding carboxylic acids is 2. The molecule has 0 amide bonds. The van der Waals surface area contributed by atoms with Crippen LogP contribution in [0.4, 0.5) is 13.2 Å². The van der Waals surface area contributed by atoms with E-state index < -0.39 is 29.6 Å². The van der Waals surface area contributed by atoms with Gasteiger partial charge in [0.1, 0.15) is 0 Å². The predicted octanol–water partition coefficient (Wildman–Crippen LogP) is 1.90. The van der Waals surface area contributed by atoms with Crippen molar-refractivity contribution in [1.29, 1.82) is 0 Å². The Balaban J connectivity index is 0.000000980. The van der Waals surface area contributed by atoms with Gasteiger partial charge >= 0.3 is 6.18 Å². The molecule has 2 aliphatic rings. The van der Waals surface area contributed by atoms with Crippen LogP contribution in [0.5, 0.6) is 0 Å². The fraction of sp³-hybridized carbons (Fsp3) is 0.556. The summed E-state index contributed by atoms with van der Waals surface area (Å²) < 4.78 is 35.8. The van der Waals surface area contributed by atoms with Gasteiger partial charge in [-0.2, -0.15) is 13.2 Å². The average Bonchev–Trinajstić information content (AvgIpc) is 2.61. The number of carbonyl (C=O) groups is 2. The molecule has 2 rings (SSSR count). The van der Waals surface area contributed by atoms with Crippen molar-refractivity contribution in [1.82, 2.24) is 0 Å². The first kappa shape index (κ1) is 10.9. The monoisotopic (exact) mass is 206 g/mol. The van der Waals surface area contributed by atoms with Crippen molar-refractivity contribution in [2.75, 3.05) is 0 Å². The highest BCUT2D eigenvalue weighted by atomic mass is 19.4. The minimum Gasteiger partial charge on any atom is -0.294 e. The third-order valence-electron chi connectivity index (χ3n) is 2.37. The topological polar surface area (TPSA) is 34.1 Å². The molecule has 0 heterocycles. The van der Waals surface area contributed by atoms with E-state index in [1.807, 2.05) is 0 Å². The first-order valence-electron chi connectivity index (χ1n) is 3.76. The molecule has 78 valence electrons. The molecule has 1 fully saturated rings. The molecule has 2 aliphatic carbocycles. The van der Waals surface area contributed by atoms with Crippen LogP contribution >= 0.6 is 0 Å². The molecule has 0 saturated heterocycles. The van der Waals surface area contributed by atoms with Crippen LogP contribution in [-0.2, 0) is 9.59 Å². The van der Waals surface area contributed by atoms with Gasteiger partial charge in [-0.3, -0.25) is 9.59 Å². The lowest BCUT2D eigenvalue weighted by molar-refractivity contribution is -0.176. The van der Waals surface area contributed by atoms with Gasteiger partial charge in [-0.1, -0.05) is 13.0 Å². The van der Waals surface area contributed by atoms with Crippen LogP contribution < -0.4 is 0 Å². The van der Waals surface area contributed by atoms with Gasteiger partial charge in [0.15, 0.2) is 5.78 Å². The number of allylic oxidation sites excluding steroid dienone is 2. The lowest BCUT2D eigenvalue weighted by Crippen LogP contribution is -2.34. The largest absolute Gasteiger partial charge is 0.450 e. The number of Topliss-reactive ketones (excluding diaryl/α,β-unsaturated/α-hetero) is 1. The number of halogens is 3. The molecular weight excluding hydrogens is 197 g/mol. The minimum absolute atomic E-state index is 0. The average molecular weight is 206 g/mol. The summed E-state index contributed by atoms with van der Waals surface area (Å²) >= 11 is 0. The van der Waals surface area contributed by atoms with Gasteiger partial charge < -0.3 is 0 Å². The molecule has 0 aromatic rings. The highest BCUT2D eigenvalue weighted by Gasteiger charge is 2.56. The highest BCUT2D eigenvalue weighted by molar-refractivity contribution is 6.13. The Bertz CT molecular complexity index is 327. The maximum Gasteiger partial charge on any atom is 0.450 e. The van der Waals surface area contributed by atoms with Crippen molar-refractivity contribution in [2.24, 2.45) is 11.8 Å². The normalized spacial score (nSPS) is 29.1. The van der Waals surface area contributed by atoms with E-state index in [0.29, 0.717) is 12.0 Å². The molecule has 0 radical (unpaired) electrons. The van der Waals surface area contributed by atoms with Gasteiger partial charge in [-0.25, -0.2) is 0 Å². The zero-order chi connectivity index (χ0) is 9.80. The number of rotatable bonds is 1. The van der Waals surface area contributed by atoms with Crippen LogP contribution in [0.2, 0.25) is 0 Å². The summed E-state index contributed by atoms with van der Waals surface area (Å²) in [6.07, 6.45) is -3.25. The Morgan fingerprint density at radius 2 is 2.00 bits per heavy atom. The van der Waals surface area contributed by atoms with E-state index in [2.05, 4.69) is 0 Å². The number of ketones is 2. The van der Waals surface area contributed by atoms with E-state index in [1.165, 1.54) is 6.08 Å². The zero-order valence-electron chi connectivity index (χ0n) is 6.39. The molecule has 0 aromatic heterocycles. The first-order valence-corrected chi connectivity index (χ1v) is 3.76. The Morgan fingerprint density at radius 3 is 2.36 bits per heavy atom. The molecule has 0 aromatic carbocycles. The van der Waals surface area contributed by atoms with Crippen molar-refractivity contribution in [2.45, 2.75) is 20.0 Å². The van der Waals surface area contributed by atoms with E-state index in [0.717, 1.165) is 0 Å². The van der Waals surface area contributed by atoms with Gasteiger partial charge in [0.25, 0.3) is 0 Å². The zero-order valence-corrected chi connectivity index (χ0v) is 6.39. The molecule has 1 saturated carbocycles. The summed E-state index contributed by atoms with van der Waals surface area (Å²) in [5, 5.41) is 0. The highest BCUT2D eigenvalue weighted by Crippen LogP contribution is 2.50. The summed E-state index contributed by atoms with van der Waals surface area (Å²) in [4.78, 5) is 21.6. The Kier molecular flexibility index (Phi) is 2.29. The molecule has 0 bridgehead atoms. The maximum atomic E-state index is 11.9. The molecule has 0 N–H and O–H groups in total. The second-order valence-electron chi connectivity index (χ2n) is 3.27. The lowest BCUT2D eigenvalue weighted by atomic mass is 9.96. The Labute approximate surface area is 78.8 Å². The second-order valence-corrected chi connectivity index (χ2v) is 3.27. The number of fused-ring (bicyclic) bond motifs is 1. The van der Waals surface area contributed by atoms with Gasteiger partial charge in [-0.15, -0.1) is 0 Å². The van der Waals surface area contributed by atoms with E-state index in [-0.39, 0.29) is 7.43 Å². The molecule has 2 nitrogen and oxygen atoms in total. The predicted molar refractivity (Wildman–Crippen MR) is 42.5 cm³/mol. The summed E-state index contributed by atoms with van der Waals surface area (Å²) in [5.41, 5.74) is 0.688. The van der Waals surface area contributed by atoms with E-state index in [4.69, 9.17) is 0 Å². The van der Waals surface area contributed by atoms with Gasteiger partial charge in [-0.05, 0) is 12.5 Å². The van der Waals surface area contributed by atoms with Gasteiger partial charge in [0.05, 0.1) is 5.92 Å². The fourth-order valence-corrected chi connectivity index (χ4v) is 1.65. The smallest absolute Gasteiger partial charge is 0.294 e. The summed E-state index contributed by atoms with van der Waals surface area (Å²) in [5.74, 6) is -4.49. The quantitative estimate of drug-likeness (QED) is 0.614.